The monoisotopic (exact) mass is 306 g/mol. The number of hydrogen-bond donors (Lipinski definition) is 0. The van der Waals surface area contributed by atoms with Gasteiger partial charge in [-0.15, -0.1) is 11.3 Å². The zero-order chi connectivity index (χ0) is 14.7. The van der Waals surface area contributed by atoms with Crippen LogP contribution in [0.4, 0.5) is 0 Å². The van der Waals surface area contributed by atoms with Crippen molar-refractivity contribution in [2.75, 3.05) is 26.2 Å². The molecule has 0 unspecified atom stereocenters. The SMILES string of the molecule is Cc1noc(C)c1CN1CCCN(Cc2nccs2)CC1. The highest BCUT2D eigenvalue weighted by molar-refractivity contribution is 7.09. The summed E-state index contributed by atoms with van der Waals surface area (Å²) < 4.78 is 5.27. The van der Waals surface area contributed by atoms with Crippen LogP contribution in [0.3, 0.4) is 0 Å². The molecule has 1 aliphatic rings. The van der Waals surface area contributed by atoms with Gasteiger partial charge in [-0.3, -0.25) is 9.80 Å². The lowest BCUT2D eigenvalue weighted by Gasteiger charge is -2.21. The van der Waals surface area contributed by atoms with Crippen LogP contribution in [0, 0.1) is 13.8 Å². The standard InChI is InChI=1S/C15H22N4OS/c1-12-14(13(2)20-17-12)10-18-5-3-6-19(8-7-18)11-15-16-4-9-21-15/h4,9H,3,5-8,10-11H2,1-2H3. The number of nitrogens with zero attached hydrogens (tertiary/aromatic N) is 4. The summed E-state index contributed by atoms with van der Waals surface area (Å²) in [6, 6.07) is 0. The van der Waals surface area contributed by atoms with Gasteiger partial charge >= 0.3 is 0 Å². The molecule has 3 rings (SSSR count). The van der Waals surface area contributed by atoms with Crippen LogP contribution < -0.4 is 0 Å². The van der Waals surface area contributed by atoms with Crippen molar-refractivity contribution in [3.05, 3.63) is 33.6 Å². The molecule has 0 N–H and O–H groups in total. The lowest BCUT2D eigenvalue weighted by Crippen LogP contribution is -2.30. The van der Waals surface area contributed by atoms with Crippen LogP contribution in [0.15, 0.2) is 16.1 Å². The number of aryl methyl sites for hydroxylation is 2. The van der Waals surface area contributed by atoms with Crippen molar-refractivity contribution in [1.29, 1.82) is 0 Å². The van der Waals surface area contributed by atoms with Crippen molar-refractivity contribution in [3.63, 3.8) is 0 Å². The number of thiazole rings is 1. The third-order valence-corrected chi connectivity index (χ3v) is 4.85. The fourth-order valence-electron chi connectivity index (χ4n) is 2.81. The third kappa shape index (κ3) is 3.70. The molecule has 21 heavy (non-hydrogen) atoms. The summed E-state index contributed by atoms with van der Waals surface area (Å²) in [6.07, 6.45) is 3.09. The highest BCUT2D eigenvalue weighted by Crippen LogP contribution is 2.17. The van der Waals surface area contributed by atoms with E-state index in [1.54, 1.807) is 11.3 Å². The van der Waals surface area contributed by atoms with Gasteiger partial charge in [0.2, 0.25) is 0 Å². The van der Waals surface area contributed by atoms with Crippen molar-refractivity contribution >= 4 is 11.3 Å². The van der Waals surface area contributed by atoms with Gasteiger partial charge in [0, 0.05) is 36.8 Å². The van der Waals surface area contributed by atoms with Gasteiger partial charge in [0.1, 0.15) is 10.8 Å². The highest BCUT2D eigenvalue weighted by Gasteiger charge is 2.18. The second-order valence-electron chi connectivity index (χ2n) is 5.63. The Kier molecular flexibility index (Phi) is 4.67. The molecule has 114 valence electrons. The van der Waals surface area contributed by atoms with Crippen LogP contribution in [0.5, 0.6) is 0 Å². The second-order valence-corrected chi connectivity index (χ2v) is 6.61. The molecule has 0 saturated carbocycles. The van der Waals surface area contributed by atoms with Crippen molar-refractivity contribution in [1.82, 2.24) is 19.9 Å². The van der Waals surface area contributed by atoms with Gasteiger partial charge < -0.3 is 4.52 Å². The van der Waals surface area contributed by atoms with E-state index in [4.69, 9.17) is 4.52 Å². The van der Waals surface area contributed by atoms with E-state index in [1.165, 1.54) is 17.0 Å². The molecule has 6 heteroatoms. The van der Waals surface area contributed by atoms with Crippen molar-refractivity contribution in [2.24, 2.45) is 0 Å². The summed E-state index contributed by atoms with van der Waals surface area (Å²) in [5, 5.41) is 7.32. The Balaban J connectivity index is 1.56. The maximum absolute atomic E-state index is 5.27. The Bertz CT molecular complexity index is 547. The molecule has 0 aliphatic carbocycles. The Labute approximate surface area is 129 Å². The molecule has 0 aromatic carbocycles. The molecular formula is C15H22N4OS. The molecular weight excluding hydrogens is 284 g/mol. The van der Waals surface area contributed by atoms with E-state index in [1.807, 2.05) is 20.0 Å². The van der Waals surface area contributed by atoms with E-state index in [2.05, 4.69) is 25.3 Å². The largest absolute Gasteiger partial charge is 0.361 e. The molecule has 5 nitrogen and oxygen atoms in total. The van der Waals surface area contributed by atoms with E-state index in [-0.39, 0.29) is 0 Å². The van der Waals surface area contributed by atoms with Gasteiger partial charge in [-0.05, 0) is 33.4 Å². The number of aromatic nitrogens is 2. The van der Waals surface area contributed by atoms with Crippen LogP contribution >= 0.6 is 11.3 Å². The van der Waals surface area contributed by atoms with E-state index >= 15 is 0 Å². The molecule has 1 aliphatic heterocycles. The molecule has 1 saturated heterocycles. The normalized spacial score (nSPS) is 18.0. The van der Waals surface area contributed by atoms with Crippen LogP contribution in [0.2, 0.25) is 0 Å². The van der Waals surface area contributed by atoms with Crippen LogP contribution in [0.1, 0.15) is 28.4 Å². The Hall–Kier alpha value is -1.24. The molecule has 0 bridgehead atoms. The molecule has 0 radical (unpaired) electrons. The first-order chi connectivity index (χ1) is 10.2. The second kappa shape index (κ2) is 6.68. The molecule has 0 amide bonds. The number of hydrogen-bond acceptors (Lipinski definition) is 6. The van der Waals surface area contributed by atoms with Crippen molar-refractivity contribution in [2.45, 2.75) is 33.4 Å². The molecule has 2 aromatic heterocycles. The van der Waals surface area contributed by atoms with Gasteiger partial charge in [-0.2, -0.15) is 0 Å². The molecule has 0 atom stereocenters. The lowest BCUT2D eigenvalue weighted by molar-refractivity contribution is 0.246. The fourth-order valence-corrected chi connectivity index (χ4v) is 3.47. The highest BCUT2D eigenvalue weighted by atomic mass is 32.1. The minimum atomic E-state index is 0.951. The predicted molar refractivity (Wildman–Crippen MR) is 83.3 cm³/mol. The summed E-state index contributed by atoms with van der Waals surface area (Å²) in [5.41, 5.74) is 2.28. The minimum absolute atomic E-state index is 0.951. The Morgan fingerprint density at radius 2 is 1.90 bits per heavy atom. The summed E-state index contributed by atoms with van der Waals surface area (Å²) in [7, 11) is 0. The topological polar surface area (TPSA) is 45.4 Å². The predicted octanol–water partition coefficient (Wildman–Crippen LogP) is 2.46. The van der Waals surface area contributed by atoms with Gasteiger partial charge in [-0.25, -0.2) is 4.98 Å². The van der Waals surface area contributed by atoms with Crippen molar-refractivity contribution < 1.29 is 4.52 Å². The van der Waals surface area contributed by atoms with Gasteiger partial charge in [0.15, 0.2) is 0 Å². The van der Waals surface area contributed by atoms with Gasteiger partial charge in [-0.1, -0.05) is 5.16 Å². The molecule has 2 aromatic rings. The van der Waals surface area contributed by atoms with E-state index in [0.29, 0.717) is 0 Å². The lowest BCUT2D eigenvalue weighted by atomic mass is 10.2. The van der Waals surface area contributed by atoms with Crippen LogP contribution in [0.25, 0.3) is 0 Å². The van der Waals surface area contributed by atoms with Gasteiger partial charge in [0.05, 0.1) is 12.2 Å². The van der Waals surface area contributed by atoms with Crippen LogP contribution in [-0.4, -0.2) is 46.1 Å². The minimum Gasteiger partial charge on any atom is -0.361 e. The molecule has 3 heterocycles. The quantitative estimate of drug-likeness (QED) is 0.868. The number of rotatable bonds is 4. The van der Waals surface area contributed by atoms with E-state index in [9.17, 15) is 0 Å². The third-order valence-electron chi connectivity index (χ3n) is 4.09. The van der Waals surface area contributed by atoms with E-state index in [0.717, 1.165) is 50.7 Å². The molecule has 0 spiro atoms. The average Bonchev–Trinajstić information content (AvgIpc) is 3.01. The fraction of sp³-hybridized carbons (Fsp3) is 0.600. The summed E-state index contributed by atoms with van der Waals surface area (Å²) >= 11 is 1.74. The zero-order valence-electron chi connectivity index (χ0n) is 12.7. The maximum Gasteiger partial charge on any atom is 0.138 e. The Morgan fingerprint density at radius 3 is 2.52 bits per heavy atom. The smallest absolute Gasteiger partial charge is 0.138 e. The van der Waals surface area contributed by atoms with Crippen molar-refractivity contribution in [3.8, 4) is 0 Å². The summed E-state index contributed by atoms with van der Waals surface area (Å²) in [4.78, 5) is 9.40. The zero-order valence-corrected chi connectivity index (χ0v) is 13.5. The summed E-state index contributed by atoms with van der Waals surface area (Å²) in [6.45, 7) is 10.4. The summed E-state index contributed by atoms with van der Waals surface area (Å²) in [5.74, 6) is 0.955. The molecule has 1 fully saturated rings. The first-order valence-corrected chi connectivity index (χ1v) is 8.35. The van der Waals surface area contributed by atoms with Gasteiger partial charge in [0.25, 0.3) is 0 Å². The van der Waals surface area contributed by atoms with Crippen LogP contribution in [-0.2, 0) is 13.1 Å². The first-order valence-electron chi connectivity index (χ1n) is 7.47. The first kappa shape index (κ1) is 14.7. The average molecular weight is 306 g/mol. The Morgan fingerprint density at radius 1 is 1.14 bits per heavy atom. The maximum atomic E-state index is 5.27. The van der Waals surface area contributed by atoms with E-state index < -0.39 is 0 Å².